The Labute approximate surface area is 281 Å². The van der Waals surface area contributed by atoms with E-state index in [1.807, 2.05) is 54.6 Å². The summed E-state index contributed by atoms with van der Waals surface area (Å²) in [6.45, 7) is 0.571. The minimum absolute atomic E-state index is 0.0117. The van der Waals surface area contributed by atoms with Crippen LogP contribution in [0.4, 0.5) is 5.69 Å². The van der Waals surface area contributed by atoms with Crippen molar-refractivity contribution >= 4 is 41.2 Å². The molecule has 0 bridgehead atoms. The van der Waals surface area contributed by atoms with Crippen LogP contribution < -0.4 is 30.2 Å². The first-order valence-corrected chi connectivity index (χ1v) is 15.9. The fourth-order valence-corrected chi connectivity index (χ4v) is 5.52. The molecule has 11 heteroatoms. The second kappa shape index (κ2) is 15.1. The lowest BCUT2D eigenvalue weighted by atomic mass is 10.1. The van der Waals surface area contributed by atoms with Crippen molar-refractivity contribution in [1.29, 1.82) is 0 Å². The van der Waals surface area contributed by atoms with Gasteiger partial charge in [0.2, 0.25) is 12.7 Å². The molecule has 1 aliphatic heterocycles. The van der Waals surface area contributed by atoms with Gasteiger partial charge in [-0.1, -0.05) is 36.4 Å². The first-order chi connectivity index (χ1) is 23.4. The predicted octanol–water partition coefficient (Wildman–Crippen LogP) is 6.50. The van der Waals surface area contributed by atoms with Gasteiger partial charge in [0.1, 0.15) is 23.0 Å². The highest BCUT2D eigenvalue weighted by molar-refractivity contribution is 8.00. The summed E-state index contributed by atoms with van der Waals surface area (Å²) in [5.74, 6) is 2.01. The van der Waals surface area contributed by atoms with Crippen LogP contribution in [-0.4, -0.2) is 37.4 Å². The van der Waals surface area contributed by atoms with Gasteiger partial charge in [0.05, 0.1) is 18.4 Å². The summed E-state index contributed by atoms with van der Waals surface area (Å²) in [7, 11) is 1.58. The van der Waals surface area contributed by atoms with Crippen LogP contribution in [-0.2, 0) is 16.1 Å². The van der Waals surface area contributed by atoms with Gasteiger partial charge in [0, 0.05) is 28.8 Å². The molecule has 6 rings (SSSR count). The zero-order valence-electron chi connectivity index (χ0n) is 25.9. The molecular formula is C37H31N3O7S. The molecule has 0 unspecified atom stereocenters. The fourth-order valence-electron chi connectivity index (χ4n) is 4.79. The molecule has 5 aromatic rings. The highest BCUT2D eigenvalue weighted by Crippen LogP contribution is 2.33. The molecule has 242 valence electrons. The van der Waals surface area contributed by atoms with Crippen molar-refractivity contribution in [3.05, 3.63) is 132 Å². The average molecular weight is 662 g/mol. The molecule has 2 heterocycles. The van der Waals surface area contributed by atoms with Gasteiger partial charge < -0.3 is 34.6 Å². The third-order valence-corrected chi connectivity index (χ3v) is 8.24. The van der Waals surface area contributed by atoms with E-state index in [9.17, 15) is 14.4 Å². The molecule has 0 atom stereocenters. The number of hydrogen-bond donors (Lipinski definition) is 3. The first kappa shape index (κ1) is 32.0. The van der Waals surface area contributed by atoms with E-state index in [0.29, 0.717) is 46.6 Å². The normalized spacial score (nSPS) is 11.9. The van der Waals surface area contributed by atoms with Crippen LogP contribution in [0.2, 0.25) is 0 Å². The monoisotopic (exact) mass is 661 g/mol. The zero-order valence-corrected chi connectivity index (χ0v) is 26.7. The Hall–Kier alpha value is -5.94. The van der Waals surface area contributed by atoms with E-state index in [1.54, 1.807) is 61.7 Å². The van der Waals surface area contributed by atoms with E-state index in [1.165, 1.54) is 17.8 Å². The van der Waals surface area contributed by atoms with Crippen molar-refractivity contribution in [3.63, 3.8) is 0 Å². The number of nitrogens with one attached hydrogen (secondary N) is 3. The van der Waals surface area contributed by atoms with Gasteiger partial charge in [-0.2, -0.15) is 0 Å². The number of ether oxygens (including phenoxy) is 3. The molecule has 0 saturated carbocycles. The minimum Gasteiger partial charge on any atom is -0.496 e. The third-order valence-electron chi connectivity index (χ3n) is 7.22. The molecule has 0 spiro atoms. The number of carbonyl (C=O) groups is 3. The van der Waals surface area contributed by atoms with Crippen molar-refractivity contribution in [2.24, 2.45) is 0 Å². The van der Waals surface area contributed by atoms with Gasteiger partial charge in [-0.25, -0.2) is 0 Å². The lowest BCUT2D eigenvalue weighted by Crippen LogP contribution is -2.30. The summed E-state index contributed by atoms with van der Waals surface area (Å²) in [4.78, 5) is 39.8. The molecule has 1 aliphatic rings. The highest BCUT2D eigenvalue weighted by Gasteiger charge is 2.18. The second-order valence-corrected chi connectivity index (χ2v) is 11.6. The Morgan fingerprint density at radius 1 is 0.854 bits per heavy atom. The molecule has 3 N–H and O–H groups in total. The number of methoxy groups -OCH3 is 1. The van der Waals surface area contributed by atoms with Gasteiger partial charge in [0.15, 0.2) is 11.5 Å². The van der Waals surface area contributed by atoms with Crippen molar-refractivity contribution in [3.8, 4) is 28.6 Å². The van der Waals surface area contributed by atoms with Gasteiger partial charge in [-0.3, -0.25) is 14.4 Å². The van der Waals surface area contributed by atoms with Crippen LogP contribution in [0.25, 0.3) is 17.4 Å². The van der Waals surface area contributed by atoms with Crippen LogP contribution >= 0.6 is 11.8 Å². The number of benzene rings is 4. The summed E-state index contributed by atoms with van der Waals surface area (Å²) >= 11 is 1.37. The lowest BCUT2D eigenvalue weighted by molar-refractivity contribution is -0.118. The van der Waals surface area contributed by atoms with Crippen molar-refractivity contribution < 1.29 is 33.0 Å². The number of carbonyl (C=O) groups excluding carboxylic acids is 3. The van der Waals surface area contributed by atoms with Gasteiger partial charge in [-0.15, -0.1) is 11.8 Å². The van der Waals surface area contributed by atoms with Crippen LogP contribution in [0.5, 0.6) is 17.2 Å². The molecule has 4 aromatic carbocycles. The number of rotatable bonds is 12. The molecule has 1 aromatic heterocycles. The zero-order chi connectivity index (χ0) is 33.3. The van der Waals surface area contributed by atoms with Crippen molar-refractivity contribution in [2.45, 2.75) is 11.4 Å². The molecule has 0 saturated heterocycles. The van der Waals surface area contributed by atoms with Crippen LogP contribution in [0.1, 0.15) is 21.7 Å². The van der Waals surface area contributed by atoms with Gasteiger partial charge in [-0.05, 0) is 78.4 Å². The quantitative estimate of drug-likeness (QED) is 0.102. The van der Waals surface area contributed by atoms with E-state index >= 15 is 0 Å². The van der Waals surface area contributed by atoms with E-state index < -0.39 is 11.8 Å². The maximum Gasteiger partial charge on any atom is 0.272 e. The Balaban J connectivity index is 1.09. The Morgan fingerprint density at radius 2 is 1.62 bits per heavy atom. The summed E-state index contributed by atoms with van der Waals surface area (Å²) in [5.41, 5.74) is 2.55. The predicted molar refractivity (Wildman–Crippen MR) is 183 cm³/mol. The molecular weight excluding hydrogens is 630 g/mol. The Kier molecular flexibility index (Phi) is 10.1. The molecule has 0 fully saturated rings. The van der Waals surface area contributed by atoms with Crippen molar-refractivity contribution in [1.82, 2.24) is 10.6 Å². The second-order valence-electron chi connectivity index (χ2n) is 10.5. The minimum atomic E-state index is -0.544. The number of thioether (sulfide) groups is 1. The first-order valence-electron chi connectivity index (χ1n) is 15.0. The number of para-hydroxylation sites is 1. The summed E-state index contributed by atoms with van der Waals surface area (Å²) in [6, 6.07) is 32.2. The van der Waals surface area contributed by atoms with E-state index in [-0.39, 0.29) is 24.2 Å². The molecule has 10 nitrogen and oxygen atoms in total. The van der Waals surface area contributed by atoms with Gasteiger partial charge in [0.25, 0.3) is 11.8 Å². The van der Waals surface area contributed by atoms with Crippen molar-refractivity contribution in [2.75, 3.05) is 25.0 Å². The largest absolute Gasteiger partial charge is 0.496 e. The maximum atomic E-state index is 13.5. The standard InChI is InChI=1S/C37H31N3O7S/c1-44-31-10-6-5-9-29(31)32-18-14-27(47-32)20-30(40-36(42)25-7-3-2-4-8-25)37(43)39-26-12-15-28(16-13-26)48-22-35(41)38-21-24-11-17-33-34(19-24)46-23-45-33/h2-20H,21-23H2,1H3,(H,38,41)(H,39,43)(H,40,42). The Morgan fingerprint density at radius 3 is 2.44 bits per heavy atom. The lowest BCUT2D eigenvalue weighted by Gasteiger charge is -2.11. The summed E-state index contributed by atoms with van der Waals surface area (Å²) in [6.07, 6.45) is 1.47. The summed E-state index contributed by atoms with van der Waals surface area (Å²) in [5, 5.41) is 8.46. The average Bonchev–Trinajstić information content (AvgIpc) is 3.80. The number of amides is 3. The third kappa shape index (κ3) is 8.06. The fraction of sp³-hybridized carbons (Fsp3) is 0.108. The van der Waals surface area contributed by atoms with Gasteiger partial charge >= 0.3 is 0 Å². The highest BCUT2D eigenvalue weighted by atomic mass is 32.2. The molecule has 0 radical (unpaired) electrons. The number of fused-ring (bicyclic) bond motifs is 1. The number of hydrogen-bond acceptors (Lipinski definition) is 8. The van der Waals surface area contributed by atoms with E-state index in [4.69, 9.17) is 18.6 Å². The molecule has 48 heavy (non-hydrogen) atoms. The van der Waals surface area contributed by atoms with Crippen LogP contribution in [0.15, 0.2) is 124 Å². The molecule has 3 amide bonds. The summed E-state index contributed by atoms with van der Waals surface area (Å²) < 4.78 is 22.2. The van der Waals surface area contributed by atoms with Crippen LogP contribution in [0, 0.1) is 0 Å². The van der Waals surface area contributed by atoms with E-state index in [0.717, 1.165) is 16.0 Å². The smallest absolute Gasteiger partial charge is 0.272 e. The maximum absolute atomic E-state index is 13.5. The van der Waals surface area contributed by atoms with E-state index in [2.05, 4.69) is 16.0 Å². The number of anilines is 1. The Bertz CT molecular complexity index is 1960. The topological polar surface area (TPSA) is 128 Å². The van der Waals surface area contributed by atoms with Crippen LogP contribution in [0.3, 0.4) is 0 Å². The SMILES string of the molecule is COc1ccccc1-c1ccc(C=C(NC(=O)c2ccccc2)C(=O)Nc2ccc(SCC(=O)NCc3ccc4c(c3)OCO4)cc2)o1. The molecule has 0 aliphatic carbocycles. The number of furan rings is 1.